The lowest BCUT2D eigenvalue weighted by atomic mass is 9.89. The molecular formula is C31H28FN3OSi. The van der Waals surface area contributed by atoms with Crippen LogP contribution in [0.4, 0.5) is 4.39 Å². The smallest absolute Gasteiger partial charge is 0.138 e. The van der Waals surface area contributed by atoms with Gasteiger partial charge in [0.1, 0.15) is 31.9 Å². The molecule has 37 heavy (non-hydrogen) atoms. The van der Waals surface area contributed by atoms with E-state index in [-0.39, 0.29) is 5.82 Å². The molecule has 184 valence electrons. The summed E-state index contributed by atoms with van der Waals surface area (Å²) in [6.07, 6.45) is 2.74. The van der Waals surface area contributed by atoms with E-state index in [0.717, 1.165) is 50.4 Å². The number of benzene rings is 2. The Morgan fingerprint density at radius 2 is 1.89 bits per heavy atom. The lowest BCUT2D eigenvalue weighted by molar-refractivity contribution is 0.305. The molecule has 1 aliphatic heterocycles. The first-order chi connectivity index (χ1) is 17.6. The molecule has 3 heterocycles. The highest BCUT2D eigenvalue weighted by Crippen LogP contribution is 2.39. The van der Waals surface area contributed by atoms with E-state index in [1.165, 1.54) is 12.1 Å². The molecule has 4 nitrogen and oxygen atoms in total. The van der Waals surface area contributed by atoms with Gasteiger partial charge in [-0.2, -0.15) is 5.26 Å². The normalized spacial score (nSPS) is 14.0. The molecule has 0 saturated heterocycles. The topological polar surface area (TPSA) is 50.3 Å². The van der Waals surface area contributed by atoms with Gasteiger partial charge in [0.05, 0.1) is 11.8 Å². The maximum absolute atomic E-state index is 14.0. The molecule has 0 saturated carbocycles. The number of rotatable bonds is 2. The van der Waals surface area contributed by atoms with Gasteiger partial charge in [0.15, 0.2) is 0 Å². The number of pyridine rings is 1. The van der Waals surface area contributed by atoms with E-state index in [9.17, 15) is 9.65 Å². The molecule has 0 atom stereocenters. The van der Waals surface area contributed by atoms with Crippen molar-refractivity contribution >= 4 is 19.3 Å². The van der Waals surface area contributed by atoms with Crippen molar-refractivity contribution in [3.8, 4) is 23.3 Å². The average molecular weight is 506 g/mol. The predicted octanol–water partition coefficient (Wildman–Crippen LogP) is 6.84. The van der Waals surface area contributed by atoms with Crippen molar-refractivity contribution in [3.05, 3.63) is 105 Å². The van der Waals surface area contributed by atoms with E-state index in [1.807, 2.05) is 31.3 Å². The molecule has 2 aromatic heterocycles. The summed E-state index contributed by atoms with van der Waals surface area (Å²) in [6, 6.07) is 17.1. The van der Waals surface area contributed by atoms with Crippen LogP contribution in [0.2, 0.25) is 19.6 Å². The number of allylic oxidation sites excluding steroid dienone is 1. The Kier molecular flexibility index (Phi) is 6.23. The summed E-state index contributed by atoms with van der Waals surface area (Å²) >= 11 is 0. The third-order valence-corrected chi connectivity index (χ3v) is 7.33. The Balaban J connectivity index is 1.52. The largest absolute Gasteiger partial charge is 0.488 e. The van der Waals surface area contributed by atoms with Gasteiger partial charge in [0, 0.05) is 46.7 Å². The van der Waals surface area contributed by atoms with Crippen LogP contribution < -0.4 is 4.74 Å². The van der Waals surface area contributed by atoms with Crippen LogP contribution >= 0.6 is 0 Å². The van der Waals surface area contributed by atoms with E-state index in [0.29, 0.717) is 24.4 Å². The van der Waals surface area contributed by atoms with E-state index in [2.05, 4.69) is 53.7 Å². The van der Waals surface area contributed by atoms with Crippen molar-refractivity contribution < 1.29 is 9.13 Å². The van der Waals surface area contributed by atoms with Crippen LogP contribution in [0.5, 0.6) is 5.75 Å². The number of fused-ring (bicyclic) bond motifs is 3. The lowest BCUT2D eigenvalue weighted by Crippen LogP contribution is -2.16. The van der Waals surface area contributed by atoms with E-state index < -0.39 is 8.07 Å². The minimum atomic E-state index is -1.46. The van der Waals surface area contributed by atoms with Crippen LogP contribution in [0.15, 0.2) is 60.3 Å². The number of nitriles is 1. The lowest BCUT2D eigenvalue weighted by Gasteiger charge is -2.13. The molecule has 5 rings (SSSR count). The summed E-state index contributed by atoms with van der Waals surface area (Å²) in [6.45, 7) is 10.8. The number of imidazole rings is 1. The first kappa shape index (κ1) is 24.6. The number of hydrogen-bond donors (Lipinski definition) is 0. The summed E-state index contributed by atoms with van der Waals surface area (Å²) in [5.41, 5.74) is 12.5. The summed E-state index contributed by atoms with van der Waals surface area (Å²) in [5.74, 6) is 3.41. The van der Waals surface area contributed by atoms with Crippen molar-refractivity contribution in [1.29, 1.82) is 5.26 Å². The first-order valence-electron chi connectivity index (χ1n) is 12.3. The zero-order chi connectivity index (χ0) is 26.3. The third-order valence-electron chi connectivity index (χ3n) is 6.46. The highest BCUT2D eigenvalue weighted by atomic mass is 28.3. The molecular weight excluding hydrogens is 477 g/mol. The molecule has 6 heteroatoms. The fourth-order valence-corrected chi connectivity index (χ4v) is 5.18. The zero-order valence-electron chi connectivity index (χ0n) is 21.7. The molecule has 0 fully saturated rings. The quantitative estimate of drug-likeness (QED) is 0.170. The number of halogens is 1. The van der Waals surface area contributed by atoms with Crippen molar-refractivity contribution in [2.45, 2.75) is 46.5 Å². The molecule has 1 aliphatic rings. The Bertz CT molecular complexity index is 1690. The molecule has 0 amide bonds. The highest BCUT2D eigenvalue weighted by Gasteiger charge is 2.22. The second kappa shape index (κ2) is 9.39. The molecule has 0 spiro atoms. The van der Waals surface area contributed by atoms with Gasteiger partial charge in [-0.05, 0) is 54.8 Å². The van der Waals surface area contributed by atoms with Gasteiger partial charge >= 0.3 is 0 Å². The summed E-state index contributed by atoms with van der Waals surface area (Å²) < 4.78 is 22.1. The van der Waals surface area contributed by atoms with Gasteiger partial charge in [-0.15, -0.1) is 5.54 Å². The molecule has 0 unspecified atom stereocenters. The SMILES string of the molecule is CC(C#N)=C1c2ccc(Cc3c(C)nc4cc(C#C[Si](C)(C)C)ccn34)cc2COc2cc(F)ccc21. The Hall–Kier alpha value is -4.13. The Morgan fingerprint density at radius 3 is 2.65 bits per heavy atom. The van der Waals surface area contributed by atoms with Gasteiger partial charge in [0.2, 0.25) is 0 Å². The molecule has 2 aromatic carbocycles. The van der Waals surface area contributed by atoms with Crippen molar-refractivity contribution in [1.82, 2.24) is 9.38 Å². The van der Waals surface area contributed by atoms with Crippen LogP contribution in [0, 0.1) is 35.5 Å². The number of nitrogens with zero attached hydrogens (tertiary/aromatic N) is 3. The fraction of sp³-hybridized carbons (Fsp3) is 0.226. The Morgan fingerprint density at radius 1 is 1.11 bits per heavy atom. The van der Waals surface area contributed by atoms with Crippen LogP contribution in [0.1, 0.15) is 46.1 Å². The molecule has 4 aromatic rings. The summed E-state index contributed by atoms with van der Waals surface area (Å²) in [4.78, 5) is 4.80. The Labute approximate surface area is 218 Å². The average Bonchev–Trinajstić information content (AvgIpc) is 3.06. The van der Waals surface area contributed by atoms with E-state index in [4.69, 9.17) is 9.72 Å². The summed E-state index contributed by atoms with van der Waals surface area (Å²) in [7, 11) is -1.46. The minimum absolute atomic E-state index is 0.299. The van der Waals surface area contributed by atoms with Gasteiger partial charge in [-0.3, -0.25) is 0 Å². The van der Waals surface area contributed by atoms with E-state index in [1.54, 1.807) is 13.0 Å². The first-order valence-corrected chi connectivity index (χ1v) is 15.8. The van der Waals surface area contributed by atoms with Crippen LogP contribution in [0.25, 0.3) is 11.2 Å². The fourth-order valence-electron chi connectivity index (χ4n) is 4.66. The molecule has 0 aliphatic carbocycles. The second-order valence-electron chi connectivity index (χ2n) is 10.5. The highest BCUT2D eigenvalue weighted by molar-refractivity contribution is 6.83. The van der Waals surface area contributed by atoms with Crippen LogP contribution in [-0.2, 0) is 13.0 Å². The molecule has 0 bridgehead atoms. The maximum atomic E-state index is 14.0. The van der Waals surface area contributed by atoms with E-state index >= 15 is 0 Å². The number of ether oxygens (including phenoxy) is 1. The number of aromatic nitrogens is 2. The van der Waals surface area contributed by atoms with Crippen molar-refractivity contribution in [3.63, 3.8) is 0 Å². The third kappa shape index (κ3) is 4.94. The van der Waals surface area contributed by atoms with Gasteiger partial charge in [0.25, 0.3) is 0 Å². The summed E-state index contributed by atoms with van der Waals surface area (Å²) in [5, 5.41) is 9.70. The number of aryl methyl sites for hydroxylation is 1. The minimum Gasteiger partial charge on any atom is -0.488 e. The zero-order valence-corrected chi connectivity index (χ0v) is 22.7. The van der Waals surface area contributed by atoms with Crippen molar-refractivity contribution in [2.75, 3.05) is 0 Å². The van der Waals surface area contributed by atoms with Gasteiger partial charge in [-0.1, -0.05) is 43.8 Å². The van der Waals surface area contributed by atoms with Gasteiger partial charge in [-0.25, -0.2) is 9.37 Å². The van der Waals surface area contributed by atoms with Crippen LogP contribution in [0.3, 0.4) is 0 Å². The standard InChI is InChI=1S/C31H28FN3OSi/c1-20(18-33)31-26-8-6-23(14-24(26)19-36-29-17-25(32)7-9-27(29)31)15-28-21(2)34-30-16-22(10-12-35(28)30)11-13-37(3,4)5/h6-10,12,14,16-17H,15,19H2,1-5H3. The van der Waals surface area contributed by atoms with Gasteiger partial charge < -0.3 is 9.14 Å². The maximum Gasteiger partial charge on any atom is 0.138 e. The molecule has 0 radical (unpaired) electrons. The van der Waals surface area contributed by atoms with Crippen LogP contribution in [-0.4, -0.2) is 17.5 Å². The monoisotopic (exact) mass is 505 g/mol. The predicted molar refractivity (Wildman–Crippen MR) is 147 cm³/mol. The molecule has 0 N–H and O–H groups in total. The second-order valence-corrected chi connectivity index (χ2v) is 15.2. The number of hydrogen-bond acceptors (Lipinski definition) is 3. The van der Waals surface area contributed by atoms with Crippen molar-refractivity contribution in [2.24, 2.45) is 0 Å².